The Balaban J connectivity index is 1.85. The smallest absolute Gasteiger partial charge is 0.307 e. The second kappa shape index (κ2) is 6.63. The monoisotopic (exact) mass is 345 g/mol. The Morgan fingerprint density at radius 2 is 1.88 bits per heavy atom. The van der Waals surface area contributed by atoms with Gasteiger partial charge in [0.25, 0.3) is 0 Å². The molecule has 25 heavy (non-hydrogen) atoms. The number of carboxylic acids is 1. The van der Waals surface area contributed by atoms with E-state index >= 15 is 0 Å². The molecular formula is C19H17F2NO3. The minimum atomic E-state index is -1.01. The van der Waals surface area contributed by atoms with Crippen molar-refractivity contribution in [3.63, 3.8) is 0 Å². The quantitative estimate of drug-likeness (QED) is 0.869. The van der Waals surface area contributed by atoms with E-state index in [1.165, 1.54) is 6.07 Å². The fourth-order valence-electron chi connectivity index (χ4n) is 3.21. The normalized spacial score (nSPS) is 15.3. The molecule has 0 heterocycles. The molecule has 2 aromatic rings. The molecule has 1 aliphatic rings. The predicted octanol–water partition coefficient (Wildman–Crippen LogP) is 3.65. The summed E-state index contributed by atoms with van der Waals surface area (Å²) in [6.45, 7) is 0. The molecule has 0 spiro atoms. The van der Waals surface area contributed by atoms with E-state index < -0.39 is 23.0 Å². The van der Waals surface area contributed by atoms with Crippen molar-refractivity contribution in [3.8, 4) is 0 Å². The van der Waals surface area contributed by atoms with Gasteiger partial charge in [0.1, 0.15) is 11.6 Å². The zero-order valence-electron chi connectivity index (χ0n) is 13.4. The third kappa shape index (κ3) is 3.38. The van der Waals surface area contributed by atoms with Crippen LogP contribution < -0.4 is 5.32 Å². The van der Waals surface area contributed by atoms with Crippen LogP contribution in [-0.4, -0.2) is 17.0 Å². The molecule has 0 atom stereocenters. The highest BCUT2D eigenvalue weighted by Crippen LogP contribution is 2.45. The number of benzene rings is 2. The molecule has 0 aromatic heterocycles. The molecular weight excluding hydrogens is 328 g/mol. The van der Waals surface area contributed by atoms with Gasteiger partial charge in [-0.05, 0) is 36.6 Å². The highest BCUT2D eigenvalue weighted by molar-refractivity contribution is 6.00. The lowest BCUT2D eigenvalue weighted by Gasteiger charge is -2.40. The molecule has 6 heteroatoms. The summed E-state index contributed by atoms with van der Waals surface area (Å²) >= 11 is 0. The average Bonchev–Trinajstić information content (AvgIpc) is 2.48. The minimum Gasteiger partial charge on any atom is -0.481 e. The van der Waals surface area contributed by atoms with Crippen LogP contribution in [0.25, 0.3) is 0 Å². The fourth-order valence-corrected chi connectivity index (χ4v) is 3.21. The van der Waals surface area contributed by atoms with E-state index in [0.717, 1.165) is 18.6 Å². The van der Waals surface area contributed by atoms with E-state index in [1.54, 1.807) is 24.3 Å². The highest BCUT2D eigenvalue weighted by atomic mass is 19.1. The van der Waals surface area contributed by atoms with Crippen molar-refractivity contribution in [2.24, 2.45) is 0 Å². The molecule has 0 unspecified atom stereocenters. The van der Waals surface area contributed by atoms with E-state index in [9.17, 15) is 18.4 Å². The molecule has 1 aliphatic carbocycles. The molecule has 3 rings (SSSR count). The van der Waals surface area contributed by atoms with Crippen LogP contribution in [-0.2, 0) is 21.4 Å². The Hall–Kier alpha value is -2.76. The summed E-state index contributed by atoms with van der Waals surface area (Å²) in [4.78, 5) is 23.6. The lowest BCUT2D eigenvalue weighted by atomic mass is 9.63. The first-order chi connectivity index (χ1) is 11.9. The molecule has 0 saturated heterocycles. The third-order valence-electron chi connectivity index (χ3n) is 4.63. The van der Waals surface area contributed by atoms with Crippen LogP contribution in [0.4, 0.5) is 14.5 Å². The largest absolute Gasteiger partial charge is 0.481 e. The van der Waals surface area contributed by atoms with Gasteiger partial charge in [0.15, 0.2) is 0 Å². The third-order valence-corrected chi connectivity index (χ3v) is 4.63. The van der Waals surface area contributed by atoms with Gasteiger partial charge in [0.2, 0.25) is 5.91 Å². The fraction of sp³-hybridized carbons (Fsp3) is 0.263. The lowest BCUT2D eigenvalue weighted by Crippen LogP contribution is -2.46. The van der Waals surface area contributed by atoms with Gasteiger partial charge in [-0.3, -0.25) is 9.59 Å². The van der Waals surface area contributed by atoms with E-state index in [4.69, 9.17) is 5.11 Å². The molecule has 0 bridgehead atoms. The molecule has 0 aliphatic heterocycles. The van der Waals surface area contributed by atoms with Crippen LogP contribution in [0.15, 0.2) is 42.5 Å². The van der Waals surface area contributed by atoms with Crippen molar-refractivity contribution in [1.82, 2.24) is 0 Å². The van der Waals surface area contributed by atoms with Gasteiger partial charge in [-0.25, -0.2) is 8.78 Å². The Morgan fingerprint density at radius 1 is 1.12 bits per heavy atom. The number of nitrogens with one attached hydrogen (secondary N) is 1. The Kier molecular flexibility index (Phi) is 4.53. The summed E-state index contributed by atoms with van der Waals surface area (Å²) in [5.74, 6) is -2.74. The summed E-state index contributed by atoms with van der Waals surface area (Å²) < 4.78 is 27.4. The second-order valence-electron chi connectivity index (χ2n) is 6.28. The van der Waals surface area contributed by atoms with Crippen molar-refractivity contribution >= 4 is 17.6 Å². The first kappa shape index (κ1) is 17.1. The van der Waals surface area contributed by atoms with Crippen LogP contribution in [0.1, 0.15) is 30.4 Å². The lowest BCUT2D eigenvalue weighted by molar-refractivity contribution is -0.136. The van der Waals surface area contributed by atoms with Crippen molar-refractivity contribution in [2.75, 3.05) is 5.32 Å². The zero-order chi connectivity index (χ0) is 18.0. The number of carbonyl (C=O) groups is 2. The number of hydrogen-bond donors (Lipinski definition) is 2. The number of rotatable bonds is 5. The number of aliphatic carboxylic acids is 1. The van der Waals surface area contributed by atoms with Crippen molar-refractivity contribution in [1.29, 1.82) is 0 Å². The number of halogens is 2. The minimum absolute atomic E-state index is 0.151. The highest BCUT2D eigenvalue weighted by Gasteiger charge is 2.47. The van der Waals surface area contributed by atoms with Gasteiger partial charge in [-0.2, -0.15) is 0 Å². The standard InChI is InChI=1S/C19H17F2NO3/c20-13-5-6-15(16(21)11-13)19(7-2-8-19)18(25)22-14-4-1-3-12(9-14)10-17(23)24/h1,3-6,9,11H,2,7-8,10H2,(H,22,25)(H,23,24). The van der Waals surface area contributed by atoms with E-state index in [0.29, 0.717) is 24.1 Å². The predicted molar refractivity (Wildman–Crippen MR) is 88.3 cm³/mol. The maximum Gasteiger partial charge on any atom is 0.307 e. The Labute approximate surface area is 143 Å². The maximum atomic E-state index is 14.2. The van der Waals surface area contributed by atoms with Gasteiger partial charge in [-0.1, -0.05) is 24.6 Å². The van der Waals surface area contributed by atoms with Crippen molar-refractivity contribution in [2.45, 2.75) is 31.1 Å². The summed E-state index contributed by atoms with van der Waals surface area (Å²) in [6.07, 6.45) is 1.59. The molecule has 130 valence electrons. The van der Waals surface area contributed by atoms with Gasteiger partial charge in [-0.15, -0.1) is 0 Å². The summed E-state index contributed by atoms with van der Waals surface area (Å²) in [7, 11) is 0. The van der Waals surface area contributed by atoms with Gasteiger partial charge >= 0.3 is 5.97 Å². The number of anilines is 1. The van der Waals surface area contributed by atoms with Crippen LogP contribution in [0, 0.1) is 11.6 Å². The van der Waals surface area contributed by atoms with Gasteiger partial charge in [0.05, 0.1) is 11.8 Å². The summed E-state index contributed by atoms with van der Waals surface area (Å²) in [5, 5.41) is 11.6. The summed E-state index contributed by atoms with van der Waals surface area (Å²) in [6, 6.07) is 9.80. The Bertz CT molecular complexity index is 831. The van der Waals surface area contributed by atoms with Crippen LogP contribution >= 0.6 is 0 Å². The first-order valence-corrected chi connectivity index (χ1v) is 7.98. The first-order valence-electron chi connectivity index (χ1n) is 7.98. The average molecular weight is 345 g/mol. The Morgan fingerprint density at radius 3 is 2.48 bits per heavy atom. The molecule has 0 radical (unpaired) electrons. The summed E-state index contributed by atoms with van der Waals surface area (Å²) in [5.41, 5.74) is 0.193. The molecule has 1 saturated carbocycles. The topological polar surface area (TPSA) is 66.4 Å². The van der Waals surface area contributed by atoms with E-state index in [-0.39, 0.29) is 17.9 Å². The van der Waals surface area contributed by atoms with Crippen LogP contribution in [0.2, 0.25) is 0 Å². The zero-order valence-corrected chi connectivity index (χ0v) is 13.4. The molecule has 2 N–H and O–H groups in total. The van der Waals surface area contributed by atoms with E-state index in [2.05, 4.69) is 5.32 Å². The second-order valence-corrected chi connectivity index (χ2v) is 6.28. The number of amides is 1. The number of carboxylic acid groups (broad SMARTS) is 1. The molecule has 1 amide bonds. The molecule has 2 aromatic carbocycles. The van der Waals surface area contributed by atoms with Gasteiger partial charge < -0.3 is 10.4 Å². The van der Waals surface area contributed by atoms with Crippen molar-refractivity contribution < 1.29 is 23.5 Å². The maximum absolute atomic E-state index is 14.2. The van der Waals surface area contributed by atoms with Crippen LogP contribution in [0.3, 0.4) is 0 Å². The van der Waals surface area contributed by atoms with Gasteiger partial charge in [0, 0.05) is 17.3 Å². The molecule has 1 fully saturated rings. The van der Waals surface area contributed by atoms with Crippen molar-refractivity contribution in [3.05, 3.63) is 65.2 Å². The molecule has 4 nitrogen and oxygen atoms in total. The number of hydrogen-bond acceptors (Lipinski definition) is 2. The SMILES string of the molecule is O=C(O)Cc1cccc(NC(=O)C2(c3ccc(F)cc3F)CCC2)c1. The van der Waals surface area contributed by atoms with Crippen LogP contribution in [0.5, 0.6) is 0 Å². The van der Waals surface area contributed by atoms with E-state index in [1.807, 2.05) is 0 Å². The number of carbonyl (C=O) groups excluding carboxylic acids is 1.